The third-order valence-corrected chi connectivity index (χ3v) is 3.84. The highest BCUT2D eigenvalue weighted by Gasteiger charge is 2.13. The molecule has 2 heterocycles. The van der Waals surface area contributed by atoms with Crippen molar-refractivity contribution >= 4 is 11.0 Å². The Hall–Kier alpha value is -3.13. The average molecular weight is 343 g/mol. The summed E-state index contributed by atoms with van der Waals surface area (Å²) in [5, 5.41) is 10.5. The highest BCUT2D eigenvalue weighted by molar-refractivity contribution is 5.79. The minimum atomic E-state index is -0.557. The van der Waals surface area contributed by atoms with Crippen LogP contribution in [0.1, 0.15) is 0 Å². The Bertz CT molecular complexity index is 1040. The minimum Gasteiger partial charge on any atom is -0.507 e. The Morgan fingerprint density at radius 1 is 1.20 bits per heavy atom. The number of fused-ring (bicyclic) bond motifs is 1. The number of phenols is 1. The van der Waals surface area contributed by atoms with Crippen LogP contribution < -0.4 is 16.0 Å². The van der Waals surface area contributed by atoms with E-state index in [4.69, 9.17) is 9.47 Å². The molecule has 3 aromatic rings. The van der Waals surface area contributed by atoms with Crippen LogP contribution in [0.25, 0.3) is 22.3 Å². The zero-order valence-electron chi connectivity index (χ0n) is 13.8. The van der Waals surface area contributed by atoms with Gasteiger partial charge in [0.1, 0.15) is 17.1 Å². The van der Waals surface area contributed by atoms with Crippen molar-refractivity contribution in [2.45, 2.75) is 6.54 Å². The highest BCUT2D eigenvalue weighted by atomic mass is 16.5. The molecule has 0 unspecified atom stereocenters. The molecule has 0 bridgehead atoms. The standard InChI is InChI=1S/C17H17N3O5/c1-24-8-7-20-15-12(16(22)19-17(20)23)5-6-13(18-15)11-4-3-10(25-2)9-14(11)21/h3-6,9,21H,7-8H2,1-2H3,(H,19,22,23). The fourth-order valence-electron chi connectivity index (χ4n) is 2.55. The van der Waals surface area contributed by atoms with Crippen LogP contribution in [-0.4, -0.2) is 40.5 Å². The lowest BCUT2D eigenvalue weighted by Gasteiger charge is -2.11. The first-order valence-corrected chi connectivity index (χ1v) is 7.55. The molecule has 0 spiro atoms. The molecule has 130 valence electrons. The van der Waals surface area contributed by atoms with Gasteiger partial charge in [-0.25, -0.2) is 9.78 Å². The first-order chi connectivity index (χ1) is 12.0. The van der Waals surface area contributed by atoms with Crippen molar-refractivity contribution in [2.24, 2.45) is 0 Å². The normalized spacial score (nSPS) is 11.0. The number of ether oxygens (including phenoxy) is 2. The fraction of sp³-hybridized carbons (Fsp3) is 0.235. The molecule has 0 saturated heterocycles. The van der Waals surface area contributed by atoms with Crippen molar-refractivity contribution in [1.29, 1.82) is 0 Å². The number of methoxy groups -OCH3 is 2. The molecule has 0 atom stereocenters. The van der Waals surface area contributed by atoms with Crippen LogP contribution in [0.15, 0.2) is 39.9 Å². The van der Waals surface area contributed by atoms with Crippen molar-refractivity contribution in [3.63, 3.8) is 0 Å². The molecule has 0 aliphatic rings. The number of aromatic hydroxyl groups is 1. The molecule has 0 aliphatic heterocycles. The number of hydrogen-bond donors (Lipinski definition) is 2. The van der Waals surface area contributed by atoms with Gasteiger partial charge in [0.05, 0.1) is 31.3 Å². The topological polar surface area (TPSA) is 106 Å². The summed E-state index contributed by atoms with van der Waals surface area (Å²) < 4.78 is 11.4. The van der Waals surface area contributed by atoms with Gasteiger partial charge in [0.15, 0.2) is 0 Å². The number of hydrogen-bond acceptors (Lipinski definition) is 6. The lowest BCUT2D eigenvalue weighted by atomic mass is 10.1. The van der Waals surface area contributed by atoms with Gasteiger partial charge < -0.3 is 14.6 Å². The molecule has 0 fully saturated rings. The second-order valence-corrected chi connectivity index (χ2v) is 5.35. The third kappa shape index (κ3) is 3.11. The first kappa shape index (κ1) is 16.7. The van der Waals surface area contributed by atoms with Crippen molar-refractivity contribution in [2.75, 3.05) is 20.8 Å². The summed E-state index contributed by atoms with van der Waals surface area (Å²) >= 11 is 0. The van der Waals surface area contributed by atoms with Crippen LogP contribution in [0.2, 0.25) is 0 Å². The molecule has 2 N–H and O–H groups in total. The molecule has 25 heavy (non-hydrogen) atoms. The monoisotopic (exact) mass is 343 g/mol. The van der Waals surface area contributed by atoms with E-state index in [-0.39, 0.29) is 23.3 Å². The van der Waals surface area contributed by atoms with E-state index in [0.29, 0.717) is 23.6 Å². The number of rotatable bonds is 5. The smallest absolute Gasteiger partial charge is 0.330 e. The van der Waals surface area contributed by atoms with Gasteiger partial charge >= 0.3 is 5.69 Å². The maximum atomic E-state index is 12.1. The molecular formula is C17H17N3O5. The summed E-state index contributed by atoms with van der Waals surface area (Å²) in [5.41, 5.74) is 0.0703. The zero-order chi connectivity index (χ0) is 18.0. The van der Waals surface area contributed by atoms with Gasteiger partial charge in [0.2, 0.25) is 0 Å². The average Bonchev–Trinajstić information content (AvgIpc) is 2.61. The van der Waals surface area contributed by atoms with Gasteiger partial charge in [0, 0.05) is 18.7 Å². The van der Waals surface area contributed by atoms with E-state index in [1.807, 2.05) is 0 Å². The highest BCUT2D eigenvalue weighted by Crippen LogP contribution is 2.31. The van der Waals surface area contributed by atoms with Gasteiger partial charge in [-0.2, -0.15) is 0 Å². The van der Waals surface area contributed by atoms with Crippen LogP contribution in [0, 0.1) is 0 Å². The lowest BCUT2D eigenvalue weighted by Crippen LogP contribution is -2.32. The number of aromatic amines is 1. The molecule has 8 heteroatoms. The minimum absolute atomic E-state index is 0.0122. The Morgan fingerprint density at radius 3 is 2.68 bits per heavy atom. The molecule has 0 aliphatic carbocycles. The Kier molecular flexibility index (Phi) is 4.53. The summed E-state index contributed by atoms with van der Waals surface area (Å²) in [7, 11) is 3.02. The quantitative estimate of drug-likeness (QED) is 0.719. The van der Waals surface area contributed by atoms with Crippen LogP contribution in [-0.2, 0) is 11.3 Å². The van der Waals surface area contributed by atoms with Gasteiger partial charge in [-0.05, 0) is 24.3 Å². The van der Waals surface area contributed by atoms with E-state index in [1.54, 1.807) is 24.3 Å². The van der Waals surface area contributed by atoms with Crippen LogP contribution in [0.3, 0.4) is 0 Å². The molecule has 3 rings (SSSR count). The van der Waals surface area contributed by atoms with E-state index in [9.17, 15) is 14.7 Å². The van der Waals surface area contributed by atoms with Crippen molar-refractivity contribution in [3.8, 4) is 22.8 Å². The summed E-state index contributed by atoms with van der Waals surface area (Å²) in [6, 6.07) is 8.01. The second-order valence-electron chi connectivity index (χ2n) is 5.35. The third-order valence-electron chi connectivity index (χ3n) is 3.84. The number of nitrogens with zero attached hydrogens (tertiary/aromatic N) is 2. The summed E-state index contributed by atoms with van der Waals surface area (Å²) in [6.07, 6.45) is 0. The van der Waals surface area contributed by atoms with Gasteiger partial charge in [-0.1, -0.05) is 0 Å². The van der Waals surface area contributed by atoms with Crippen LogP contribution >= 0.6 is 0 Å². The number of phenolic OH excluding ortho intramolecular Hbond substituents is 1. The van der Waals surface area contributed by atoms with Crippen molar-refractivity contribution < 1.29 is 14.6 Å². The number of nitrogens with one attached hydrogen (secondary N) is 1. The van der Waals surface area contributed by atoms with E-state index in [1.165, 1.54) is 24.9 Å². The number of benzene rings is 1. The first-order valence-electron chi connectivity index (χ1n) is 7.55. The second kappa shape index (κ2) is 6.78. The van der Waals surface area contributed by atoms with E-state index >= 15 is 0 Å². The van der Waals surface area contributed by atoms with Gasteiger partial charge in [-0.15, -0.1) is 0 Å². The van der Waals surface area contributed by atoms with Crippen molar-refractivity contribution in [3.05, 3.63) is 51.2 Å². The van der Waals surface area contributed by atoms with E-state index in [0.717, 1.165) is 0 Å². The number of aromatic nitrogens is 3. The molecule has 2 aromatic heterocycles. The van der Waals surface area contributed by atoms with E-state index in [2.05, 4.69) is 9.97 Å². The molecule has 0 amide bonds. The SMILES string of the molecule is COCCn1c(=O)[nH]c(=O)c2ccc(-c3ccc(OC)cc3O)nc21. The Labute approximate surface area is 142 Å². The van der Waals surface area contributed by atoms with E-state index < -0.39 is 11.2 Å². The Balaban J connectivity index is 2.22. The number of pyridine rings is 1. The van der Waals surface area contributed by atoms with Gasteiger partial charge in [-0.3, -0.25) is 14.3 Å². The zero-order valence-corrected chi connectivity index (χ0v) is 13.8. The molecule has 8 nitrogen and oxygen atoms in total. The lowest BCUT2D eigenvalue weighted by molar-refractivity contribution is 0.187. The predicted molar refractivity (Wildman–Crippen MR) is 92.2 cm³/mol. The number of H-pyrrole nitrogens is 1. The fourth-order valence-corrected chi connectivity index (χ4v) is 2.55. The summed E-state index contributed by atoms with van der Waals surface area (Å²) in [5.74, 6) is 0.498. The molecule has 0 radical (unpaired) electrons. The van der Waals surface area contributed by atoms with Gasteiger partial charge in [0.25, 0.3) is 5.56 Å². The summed E-state index contributed by atoms with van der Waals surface area (Å²) in [4.78, 5) is 30.8. The van der Waals surface area contributed by atoms with Crippen LogP contribution in [0.4, 0.5) is 0 Å². The molecule has 0 saturated carbocycles. The maximum absolute atomic E-state index is 12.1. The maximum Gasteiger partial charge on any atom is 0.330 e. The van der Waals surface area contributed by atoms with Crippen LogP contribution in [0.5, 0.6) is 11.5 Å². The van der Waals surface area contributed by atoms with Crippen molar-refractivity contribution in [1.82, 2.24) is 14.5 Å². The Morgan fingerprint density at radius 2 is 2.00 bits per heavy atom. The predicted octanol–water partition coefficient (Wildman–Crippen LogP) is 1.11. The molecule has 1 aromatic carbocycles. The summed E-state index contributed by atoms with van der Waals surface area (Å²) in [6.45, 7) is 0.536. The molecular weight excluding hydrogens is 326 g/mol. The largest absolute Gasteiger partial charge is 0.507 e.